The molecule has 9 rings (SSSR count). The summed E-state index contributed by atoms with van der Waals surface area (Å²) in [5, 5.41) is 0. The van der Waals surface area contributed by atoms with E-state index < -0.39 is 60.1 Å². The molecule has 0 spiro atoms. The maximum Gasteiger partial charge on any atom is 2.00 e. The largest absolute Gasteiger partial charge is 2.00 e. The Kier molecular flexibility index (Phi) is 12.9. The molecule has 22 heteroatoms. The van der Waals surface area contributed by atoms with Crippen LogP contribution in [0.1, 0.15) is 22.8 Å². The third-order valence-electron chi connectivity index (χ3n) is 10.5. The molecule has 2 aliphatic heterocycles. The molecule has 16 nitrogen and oxygen atoms in total. The van der Waals surface area contributed by atoms with Gasteiger partial charge in [0, 0.05) is 44.3 Å². The summed E-state index contributed by atoms with van der Waals surface area (Å²) in [5.74, 6) is 0. The first-order chi connectivity index (χ1) is 30.2. The number of rotatable bonds is 8. The van der Waals surface area contributed by atoms with Gasteiger partial charge in [-0.25, -0.2) is 43.6 Å². The molecule has 0 unspecified atom stereocenters. The van der Waals surface area contributed by atoms with E-state index in [0.29, 0.717) is 89.4 Å². The molecule has 0 saturated heterocycles. The van der Waals surface area contributed by atoms with E-state index in [4.69, 9.17) is 9.97 Å². The van der Waals surface area contributed by atoms with Crippen molar-refractivity contribution in [1.29, 1.82) is 0 Å². The van der Waals surface area contributed by atoms with Crippen LogP contribution in [0.25, 0.3) is 90.9 Å². The van der Waals surface area contributed by atoms with Crippen LogP contribution >= 0.6 is 0 Å². The van der Waals surface area contributed by atoms with Crippen LogP contribution in [0.3, 0.4) is 0 Å². The van der Waals surface area contributed by atoms with Crippen molar-refractivity contribution in [3.8, 4) is 44.5 Å². The summed E-state index contributed by atoms with van der Waals surface area (Å²) in [6.07, 6.45) is 6.79. The van der Waals surface area contributed by atoms with Gasteiger partial charge in [0.15, 0.2) is 0 Å². The number of H-pyrrole nitrogens is 2. The topological polar surface area (TPSA) is 286 Å². The molecule has 4 aromatic carbocycles. The fraction of sp³-hybridized carbons (Fsp3) is 0. The normalized spacial score (nSPS) is 12.7. The average Bonchev–Trinajstić information content (AvgIpc) is 4.08. The Bertz CT molecular complexity index is 3310. The number of nitrogens with zero attached hydrogens (tertiary/aromatic N) is 2. The van der Waals surface area contributed by atoms with E-state index in [2.05, 4.69) is 9.97 Å². The minimum atomic E-state index is -4.81. The standard InChI is InChI=1S/C44H30N4O12S4.2Ni/c49-61(50,51)29-9-1-25(2-10-29)41-33-17-19-35(45-33)42(26-3-11-30(12-4-26)62(52,53)54)37-21-23-39(47-37)44(28-7-15-32(16-8-28)64(58,59)60)40-24-22-38(48-40)43(36-20-18-34(41)46-36)27-5-13-31(14-6-27)63(55,56)57;;/h1-24,45,48H,(H,49,50,51)(H,52,53,54)(H,55,56,57)(H,58,59,60);;/q;2*+2/p-4. The number of fused-ring (bicyclic) bond motifs is 8. The van der Waals surface area contributed by atoms with Gasteiger partial charge in [-0.1, -0.05) is 48.5 Å². The summed E-state index contributed by atoms with van der Waals surface area (Å²) in [6.45, 7) is 0. The van der Waals surface area contributed by atoms with E-state index in [9.17, 15) is 51.9 Å². The van der Waals surface area contributed by atoms with Crippen molar-refractivity contribution in [3.05, 3.63) is 144 Å². The molecule has 8 bridgehead atoms. The van der Waals surface area contributed by atoms with Crippen LogP contribution in [0.5, 0.6) is 0 Å². The van der Waals surface area contributed by atoms with Crippen molar-refractivity contribution >= 4 is 86.8 Å². The quantitative estimate of drug-likeness (QED) is 0.115. The molecule has 338 valence electrons. The minimum Gasteiger partial charge on any atom is -0.744 e. The second-order valence-corrected chi connectivity index (χ2v) is 19.9. The predicted molar refractivity (Wildman–Crippen MR) is 232 cm³/mol. The van der Waals surface area contributed by atoms with Gasteiger partial charge in [0.05, 0.1) is 42.4 Å². The molecule has 0 aliphatic carbocycles. The third kappa shape index (κ3) is 9.38. The predicted octanol–water partition coefficient (Wildman–Crippen LogP) is 6.94. The van der Waals surface area contributed by atoms with E-state index >= 15 is 0 Å². The van der Waals surface area contributed by atoms with Crippen LogP contribution in [0.15, 0.2) is 141 Å². The van der Waals surface area contributed by atoms with Gasteiger partial charge in [-0.15, -0.1) is 0 Å². The Morgan fingerprint density at radius 3 is 0.652 bits per heavy atom. The number of hydrogen-bond acceptors (Lipinski definition) is 14. The van der Waals surface area contributed by atoms with E-state index in [1.54, 1.807) is 48.6 Å². The first kappa shape index (κ1) is 48.1. The maximum atomic E-state index is 11.9. The van der Waals surface area contributed by atoms with Gasteiger partial charge >= 0.3 is 33.0 Å². The summed E-state index contributed by atoms with van der Waals surface area (Å²) in [6, 6.07) is 27.8. The summed E-state index contributed by atoms with van der Waals surface area (Å²) in [4.78, 5) is 15.0. The molecule has 2 N–H and O–H groups in total. The summed E-state index contributed by atoms with van der Waals surface area (Å²) < 4.78 is 143. The van der Waals surface area contributed by atoms with Gasteiger partial charge in [-0.2, -0.15) is 0 Å². The van der Waals surface area contributed by atoms with Crippen molar-refractivity contribution in [2.24, 2.45) is 0 Å². The van der Waals surface area contributed by atoms with Gasteiger partial charge in [0.1, 0.15) is 40.5 Å². The first-order valence-corrected chi connectivity index (χ1v) is 24.3. The Balaban J connectivity index is 0.00000324. The molecule has 0 saturated carbocycles. The fourth-order valence-electron chi connectivity index (χ4n) is 7.57. The number of aromatic amines is 2. The SMILES string of the molecule is O=S(=O)([O-])c1ccc(-c2c3nc(c(-c4ccc(S(=O)(=O)[O-])cc4)c4ccc([nH]4)c(-c4ccc(S(=O)(=O)[O-])cc4)c4nc(c(-c5ccc(S(=O)(=O)[O-])cc5)c5ccc2[nH]5)C=C4)C=C3)cc1.[Ni+2].[Ni+2]. The zero-order valence-corrected chi connectivity index (χ0v) is 38.2. The van der Waals surface area contributed by atoms with Crippen molar-refractivity contribution in [1.82, 2.24) is 19.9 Å². The molecule has 3 aromatic heterocycles. The Hall–Kier alpha value is -5.89. The van der Waals surface area contributed by atoms with Crippen LogP contribution in [0.4, 0.5) is 0 Å². The third-order valence-corrected chi connectivity index (χ3v) is 13.9. The monoisotopic (exact) mass is 1050 g/mol. The fourth-order valence-corrected chi connectivity index (χ4v) is 9.45. The van der Waals surface area contributed by atoms with E-state index in [1.165, 1.54) is 97.1 Å². The Morgan fingerprint density at radius 2 is 0.485 bits per heavy atom. The van der Waals surface area contributed by atoms with Gasteiger partial charge in [-0.3, -0.25) is 0 Å². The zero-order chi connectivity index (χ0) is 45.3. The number of nitrogens with one attached hydrogen (secondary N) is 2. The zero-order valence-electron chi connectivity index (χ0n) is 32.9. The van der Waals surface area contributed by atoms with Gasteiger partial charge in [0.2, 0.25) is 0 Å². The smallest absolute Gasteiger partial charge is 0.744 e. The van der Waals surface area contributed by atoms with Gasteiger partial charge in [-0.05, 0) is 119 Å². The Labute approximate surface area is 397 Å². The van der Waals surface area contributed by atoms with E-state index in [-0.39, 0.29) is 33.0 Å². The number of aromatic nitrogens is 4. The maximum absolute atomic E-state index is 11.9. The molecule has 0 amide bonds. The molecule has 66 heavy (non-hydrogen) atoms. The van der Waals surface area contributed by atoms with Crippen LogP contribution in [0, 0.1) is 0 Å². The van der Waals surface area contributed by atoms with E-state index in [1.807, 2.05) is 0 Å². The number of hydrogen-bond donors (Lipinski definition) is 2. The van der Waals surface area contributed by atoms with E-state index in [0.717, 1.165) is 0 Å². The van der Waals surface area contributed by atoms with Crippen LogP contribution in [0.2, 0.25) is 0 Å². The second-order valence-electron chi connectivity index (χ2n) is 14.4. The molecule has 7 aromatic rings. The second kappa shape index (κ2) is 17.7. The first-order valence-electron chi connectivity index (χ1n) is 18.6. The van der Waals surface area contributed by atoms with Crippen LogP contribution < -0.4 is 0 Å². The van der Waals surface area contributed by atoms with Crippen molar-refractivity contribution in [2.45, 2.75) is 19.6 Å². The van der Waals surface area contributed by atoms with Gasteiger partial charge < -0.3 is 28.2 Å². The molecular weight excluding hydrogens is 1020 g/mol. The Morgan fingerprint density at radius 1 is 0.303 bits per heavy atom. The van der Waals surface area contributed by atoms with Crippen molar-refractivity contribution < 1.29 is 84.9 Å². The van der Waals surface area contributed by atoms with Crippen molar-refractivity contribution in [2.75, 3.05) is 0 Å². The van der Waals surface area contributed by atoms with Crippen LogP contribution in [-0.4, -0.2) is 71.8 Å². The average molecular weight is 1050 g/mol. The van der Waals surface area contributed by atoms with Crippen LogP contribution in [-0.2, 0) is 73.5 Å². The molecular formula is C44H26N4Ni2O12S4. The molecule has 2 aliphatic rings. The molecule has 0 atom stereocenters. The summed E-state index contributed by atoms with van der Waals surface area (Å²) in [7, 11) is -19.2. The molecule has 5 heterocycles. The number of benzene rings is 4. The molecule has 0 fully saturated rings. The van der Waals surface area contributed by atoms with Gasteiger partial charge in [0.25, 0.3) is 0 Å². The summed E-state index contributed by atoms with van der Waals surface area (Å²) in [5.41, 5.74) is 6.76. The summed E-state index contributed by atoms with van der Waals surface area (Å²) >= 11 is 0. The van der Waals surface area contributed by atoms with Crippen molar-refractivity contribution in [3.63, 3.8) is 0 Å². The minimum absolute atomic E-state index is 0. The molecule has 0 radical (unpaired) electrons.